The summed E-state index contributed by atoms with van der Waals surface area (Å²) in [6.07, 6.45) is 4.79. The molecule has 136 valence electrons. The van der Waals surface area contributed by atoms with Gasteiger partial charge in [-0.15, -0.1) is 0 Å². The van der Waals surface area contributed by atoms with Gasteiger partial charge < -0.3 is 11.1 Å². The predicted octanol–water partition coefficient (Wildman–Crippen LogP) is 3.74. The maximum atomic E-state index is 13.1. The minimum atomic E-state index is -0.612. The summed E-state index contributed by atoms with van der Waals surface area (Å²) < 4.78 is 0. The van der Waals surface area contributed by atoms with Crippen molar-refractivity contribution >= 4 is 11.8 Å². The fraction of sp³-hybridized carbons (Fsp3) is 0.364. The van der Waals surface area contributed by atoms with Crippen LogP contribution in [0.15, 0.2) is 48.5 Å². The van der Waals surface area contributed by atoms with E-state index in [2.05, 4.69) is 12.2 Å². The molecule has 4 heteroatoms. The zero-order valence-corrected chi connectivity index (χ0v) is 15.2. The molecule has 0 unspecified atom stereocenters. The standard InChI is InChI=1S/C22H26N2O2/c1-2-3-4-5-14-19(21(23)25)24-22(26)20-17-12-8-6-10-15(17)16-11-7-9-13-18(16)20/h6-13,19-20H,2-5,14H2,1H3,(H2,23,25)(H,24,26)/t19-/m1/s1. The number of hydrogen-bond acceptors (Lipinski definition) is 2. The van der Waals surface area contributed by atoms with Crippen LogP contribution in [0.2, 0.25) is 0 Å². The molecule has 0 aliphatic heterocycles. The first-order valence-corrected chi connectivity index (χ1v) is 9.41. The lowest BCUT2D eigenvalue weighted by molar-refractivity contribution is -0.127. The third-order valence-electron chi connectivity index (χ3n) is 5.10. The number of unbranched alkanes of at least 4 members (excludes halogenated alkanes) is 3. The second-order valence-electron chi connectivity index (χ2n) is 6.92. The van der Waals surface area contributed by atoms with E-state index >= 15 is 0 Å². The average molecular weight is 350 g/mol. The van der Waals surface area contributed by atoms with Crippen molar-refractivity contribution in [3.63, 3.8) is 0 Å². The molecular formula is C22H26N2O2. The summed E-state index contributed by atoms with van der Waals surface area (Å²) in [5.41, 5.74) is 9.68. The number of fused-ring (bicyclic) bond motifs is 3. The van der Waals surface area contributed by atoms with Crippen LogP contribution in [0, 0.1) is 0 Å². The number of amides is 2. The lowest BCUT2D eigenvalue weighted by atomic mass is 9.95. The molecule has 0 aromatic heterocycles. The lowest BCUT2D eigenvalue weighted by Crippen LogP contribution is -2.46. The molecule has 1 aliphatic rings. The summed E-state index contributed by atoms with van der Waals surface area (Å²) in [5.74, 6) is -1.00. The highest BCUT2D eigenvalue weighted by molar-refractivity contribution is 5.98. The molecule has 26 heavy (non-hydrogen) atoms. The van der Waals surface area contributed by atoms with Gasteiger partial charge in [0, 0.05) is 0 Å². The molecule has 0 spiro atoms. The summed E-state index contributed by atoms with van der Waals surface area (Å²) in [5, 5.41) is 2.90. The van der Waals surface area contributed by atoms with E-state index in [-0.39, 0.29) is 11.8 Å². The fourth-order valence-corrected chi connectivity index (χ4v) is 3.75. The molecule has 0 radical (unpaired) electrons. The van der Waals surface area contributed by atoms with Crippen molar-refractivity contribution in [3.8, 4) is 11.1 Å². The number of benzene rings is 2. The molecule has 0 heterocycles. The van der Waals surface area contributed by atoms with Crippen LogP contribution in [-0.2, 0) is 9.59 Å². The zero-order valence-electron chi connectivity index (χ0n) is 15.2. The average Bonchev–Trinajstić information content (AvgIpc) is 2.98. The summed E-state index contributed by atoms with van der Waals surface area (Å²) in [4.78, 5) is 24.9. The second-order valence-corrected chi connectivity index (χ2v) is 6.92. The molecule has 4 nitrogen and oxygen atoms in total. The van der Waals surface area contributed by atoms with E-state index in [9.17, 15) is 9.59 Å². The van der Waals surface area contributed by atoms with Gasteiger partial charge in [0.15, 0.2) is 0 Å². The molecule has 3 rings (SSSR count). The molecule has 2 amide bonds. The molecular weight excluding hydrogens is 324 g/mol. The van der Waals surface area contributed by atoms with Crippen molar-refractivity contribution in [2.24, 2.45) is 5.73 Å². The summed E-state index contributed by atoms with van der Waals surface area (Å²) >= 11 is 0. The summed E-state index contributed by atoms with van der Waals surface area (Å²) in [7, 11) is 0. The smallest absolute Gasteiger partial charge is 0.240 e. The molecule has 0 fully saturated rings. The van der Waals surface area contributed by atoms with Gasteiger partial charge in [-0.25, -0.2) is 0 Å². The van der Waals surface area contributed by atoms with Crippen molar-refractivity contribution in [2.75, 3.05) is 0 Å². The Balaban J connectivity index is 1.79. The molecule has 3 N–H and O–H groups in total. The van der Waals surface area contributed by atoms with Gasteiger partial charge in [0.25, 0.3) is 0 Å². The second kappa shape index (κ2) is 8.17. The Labute approximate surface area is 154 Å². The highest BCUT2D eigenvalue weighted by atomic mass is 16.2. The summed E-state index contributed by atoms with van der Waals surface area (Å²) in [6, 6.07) is 15.3. The van der Waals surface area contributed by atoms with Crippen molar-refractivity contribution in [2.45, 2.75) is 51.0 Å². The van der Waals surface area contributed by atoms with Crippen LogP contribution in [0.5, 0.6) is 0 Å². The Bertz CT molecular complexity index is 755. The first-order chi connectivity index (χ1) is 12.6. The third kappa shape index (κ3) is 3.64. The SMILES string of the molecule is CCCCCC[C@@H](NC(=O)C1c2ccccc2-c2ccccc21)C(N)=O. The maximum absolute atomic E-state index is 13.1. The van der Waals surface area contributed by atoms with E-state index in [1.807, 2.05) is 48.5 Å². The van der Waals surface area contributed by atoms with Crippen LogP contribution in [0.4, 0.5) is 0 Å². The minimum Gasteiger partial charge on any atom is -0.368 e. The van der Waals surface area contributed by atoms with Crippen LogP contribution < -0.4 is 11.1 Å². The van der Waals surface area contributed by atoms with E-state index < -0.39 is 11.9 Å². The third-order valence-corrected chi connectivity index (χ3v) is 5.10. The van der Waals surface area contributed by atoms with Gasteiger partial charge in [0.05, 0.1) is 5.92 Å². The zero-order chi connectivity index (χ0) is 18.5. The minimum absolute atomic E-state index is 0.151. The molecule has 0 bridgehead atoms. The van der Waals surface area contributed by atoms with E-state index in [1.165, 1.54) is 0 Å². The number of carbonyl (C=O) groups is 2. The van der Waals surface area contributed by atoms with Gasteiger partial charge >= 0.3 is 0 Å². The first kappa shape index (κ1) is 18.2. The Morgan fingerprint density at radius 1 is 0.962 bits per heavy atom. The van der Waals surface area contributed by atoms with Gasteiger partial charge in [-0.05, 0) is 28.7 Å². The largest absolute Gasteiger partial charge is 0.368 e. The van der Waals surface area contributed by atoms with Gasteiger partial charge in [-0.3, -0.25) is 9.59 Å². The number of nitrogens with two attached hydrogens (primary N) is 1. The van der Waals surface area contributed by atoms with E-state index in [0.717, 1.165) is 47.9 Å². The highest BCUT2D eigenvalue weighted by Gasteiger charge is 2.34. The highest BCUT2D eigenvalue weighted by Crippen LogP contribution is 2.44. The van der Waals surface area contributed by atoms with E-state index in [0.29, 0.717) is 6.42 Å². The normalized spacial score (nSPS) is 13.7. The van der Waals surface area contributed by atoms with Gasteiger partial charge in [-0.2, -0.15) is 0 Å². The van der Waals surface area contributed by atoms with Crippen LogP contribution >= 0.6 is 0 Å². The van der Waals surface area contributed by atoms with Gasteiger partial charge in [-0.1, -0.05) is 81.1 Å². The molecule has 1 atom stereocenters. The fourth-order valence-electron chi connectivity index (χ4n) is 3.75. The molecule has 2 aromatic rings. The monoisotopic (exact) mass is 350 g/mol. The van der Waals surface area contributed by atoms with Crippen molar-refractivity contribution in [1.29, 1.82) is 0 Å². The Morgan fingerprint density at radius 3 is 2.08 bits per heavy atom. The molecule has 1 aliphatic carbocycles. The van der Waals surface area contributed by atoms with Crippen LogP contribution in [0.25, 0.3) is 11.1 Å². The van der Waals surface area contributed by atoms with Crippen LogP contribution in [0.1, 0.15) is 56.1 Å². The Hall–Kier alpha value is -2.62. The first-order valence-electron chi connectivity index (χ1n) is 9.41. The van der Waals surface area contributed by atoms with Crippen LogP contribution in [-0.4, -0.2) is 17.9 Å². The molecule has 0 saturated carbocycles. The quantitative estimate of drug-likeness (QED) is 0.712. The number of primary amides is 1. The number of rotatable bonds is 8. The summed E-state index contributed by atoms with van der Waals surface area (Å²) in [6.45, 7) is 2.14. The van der Waals surface area contributed by atoms with Crippen molar-refractivity contribution < 1.29 is 9.59 Å². The molecule has 0 saturated heterocycles. The lowest BCUT2D eigenvalue weighted by Gasteiger charge is -2.19. The number of hydrogen-bond donors (Lipinski definition) is 2. The van der Waals surface area contributed by atoms with Crippen LogP contribution in [0.3, 0.4) is 0 Å². The van der Waals surface area contributed by atoms with E-state index in [1.54, 1.807) is 0 Å². The molecule has 2 aromatic carbocycles. The van der Waals surface area contributed by atoms with Gasteiger partial charge in [0.2, 0.25) is 11.8 Å². The topological polar surface area (TPSA) is 72.2 Å². The van der Waals surface area contributed by atoms with E-state index in [4.69, 9.17) is 5.73 Å². The Morgan fingerprint density at radius 2 is 1.54 bits per heavy atom. The predicted molar refractivity (Wildman–Crippen MR) is 104 cm³/mol. The number of nitrogens with one attached hydrogen (secondary N) is 1. The van der Waals surface area contributed by atoms with Gasteiger partial charge in [0.1, 0.15) is 6.04 Å². The maximum Gasteiger partial charge on any atom is 0.240 e. The van der Waals surface area contributed by atoms with Crippen molar-refractivity contribution in [3.05, 3.63) is 59.7 Å². The number of carbonyl (C=O) groups excluding carboxylic acids is 2. The Kier molecular flexibility index (Phi) is 5.71. The van der Waals surface area contributed by atoms with Crippen molar-refractivity contribution in [1.82, 2.24) is 5.32 Å².